The number of rotatable bonds is 40. The van der Waals surface area contributed by atoms with Crippen molar-refractivity contribution >= 4 is 13.7 Å². The van der Waals surface area contributed by atoms with E-state index in [1.54, 1.807) is 6.08 Å². The van der Waals surface area contributed by atoms with Gasteiger partial charge < -0.3 is 46.0 Å². The SMILES string of the molecule is CC/C=C\C/C=C\CCCCCCCCCCCCCCC(O)CC(=O)NC(COP(=O)(O)OC1C(O)C(O)C(O)C(O)C1O)C(O)/C=C/CC/C=C/CC/C=C/CCCCCCC. The summed E-state index contributed by atoms with van der Waals surface area (Å²) in [7, 11) is -5.16. The van der Waals surface area contributed by atoms with Crippen LogP contribution in [0.4, 0.5) is 0 Å². The molecule has 13 nitrogen and oxygen atoms in total. The fraction of sp³-hybridized carbons (Fsp3) is 0.780. The normalized spacial score (nSPS) is 23.2. The van der Waals surface area contributed by atoms with Crippen LogP contribution in [0.25, 0.3) is 0 Å². The van der Waals surface area contributed by atoms with Crippen molar-refractivity contribution in [2.45, 2.75) is 242 Å². The molecule has 0 spiro atoms. The van der Waals surface area contributed by atoms with Crippen molar-refractivity contribution in [2.24, 2.45) is 0 Å². The lowest BCUT2D eigenvalue weighted by Crippen LogP contribution is -2.64. The minimum Gasteiger partial charge on any atom is -0.393 e. The first-order chi connectivity index (χ1) is 30.8. The minimum absolute atomic E-state index is 0.259. The number of hydrogen-bond acceptors (Lipinski definition) is 11. The molecule has 9 N–H and O–H groups in total. The van der Waals surface area contributed by atoms with Crippen molar-refractivity contribution in [3.8, 4) is 0 Å². The monoisotopic (exact) mass is 928 g/mol. The summed E-state index contributed by atoms with van der Waals surface area (Å²) in [6.07, 6.45) is 34.5. The Morgan fingerprint density at radius 2 is 1.02 bits per heavy atom. The zero-order valence-corrected chi connectivity index (χ0v) is 40.3. The average molecular weight is 928 g/mol. The summed E-state index contributed by atoms with van der Waals surface area (Å²) < 4.78 is 22.9. The highest BCUT2D eigenvalue weighted by Crippen LogP contribution is 2.47. The maximum atomic E-state index is 13.0. The smallest absolute Gasteiger partial charge is 0.393 e. The van der Waals surface area contributed by atoms with E-state index in [-0.39, 0.29) is 6.42 Å². The lowest BCUT2D eigenvalue weighted by molar-refractivity contribution is -0.220. The predicted octanol–water partition coefficient (Wildman–Crippen LogP) is 8.87. The molecule has 1 fully saturated rings. The van der Waals surface area contributed by atoms with Gasteiger partial charge in [-0.1, -0.05) is 171 Å². The Bertz CT molecular complexity index is 1330. The number of nitrogens with one attached hydrogen (secondary N) is 1. The second-order valence-corrected chi connectivity index (χ2v) is 18.9. The first-order valence-corrected chi connectivity index (χ1v) is 26.3. The molecule has 8 unspecified atom stereocenters. The molecule has 0 aromatic rings. The molecule has 1 aliphatic carbocycles. The van der Waals surface area contributed by atoms with E-state index in [2.05, 4.69) is 67.8 Å². The van der Waals surface area contributed by atoms with Gasteiger partial charge in [-0.05, 0) is 70.6 Å². The highest BCUT2D eigenvalue weighted by atomic mass is 31.2. The van der Waals surface area contributed by atoms with E-state index in [1.807, 2.05) is 0 Å². The second-order valence-electron chi connectivity index (χ2n) is 17.4. The Balaban J connectivity index is 2.52. The fourth-order valence-electron chi connectivity index (χ4n) is 7.54. The molecular formula is C50H90NO12P. The van der Waals surface area contributed by atoms with E-state index in [1.165, 1.54) is 96.0 Å². The molecule has 64 heavy (non-hydrogen) atoms. The summed E-state index contributed by atoms with van der Waals surface area (Å²) in [6, 6.07) is -1.27. The zero-order chi connectivity index (χ0) is 47.3. The largest absolute Gasteiger partial charge is 0.472 e. The third-order valence-electron chi connectivity index (χ3n) is 11.6. The van der Waals surface area contributed by atoms with Gasteiger partial charge in [-0.15, -0.1) is 0 Å². The molecule has 0 heterocycles. The van der Waals surface area contributed by atoms with Crippen LogP contribution >= 0.6 is 7.82 Å². The van der Waals surface area contributed by atoms with Crippen LogP contribution in [0, 0.1) is 0 Å². The number of carbonyl (C=O) groups excluding carboxylic acids is 1. The maximum absolute atomic E-state index is 13.0. The van der Waals surface area contributed by atoms with Crippen molar-refractivity contribution < 1.29 is 59.0 Å². The topological polar surface area (TPSA) is 226 Å². The highest BCUT2D eigenvalue weighted by Gasteiger charge is 2.51. The predicted molar refractivity (Wildman–Crippen MR) is 256 cm³/mol. The number of phosphoric acid groups is 1. The summed E-state index contributed by atoms with van der Waals surface area (Å²) >= 11 is 0. The number of allylic oxidation sites excluding steroid dienone is 9. The molecule has 1 saturated carbocycles. The number of aliphatic hydroxyl groups is 7. The Kier molecular flexibility index (Phi) is 36.6. The summed E-state index contributed by atoms with van der Waals surface area (Å²) in [5.41, 5.74) is 0. The number of amides is 1. The van der Waals surface area contributed by atoms with E-state index >= 15 is 0 Å². The summed E-state index contributed by atoms with van der Waals surface area (Å²) in [5.74, 6) is -0.610. The van der Waals surface area contributed by atoms with Crippen molar-refractivity contribution in [3.05, 3.63) is 60.8 Å². The number of aliphatic hydroxyl groups excluding tert-OH is 7. The Labute approximate surface area is 386 Å². The van der Waals surface area contributed by atoms with Gasteiger partial charge in [-0.25, -0.2) is 4.57 Å². The minimum atomic E-state index is -5.16. The number of carbonyl (C=O) groups is 1. The lowest BCUT2D eigenvalue weighted by atomic mass is 9.85. The molecule has 372 valence electrons. The molecule has 0 bridgehead atoms. The Morgan fingerprint density at radius 1 is 0.578 bits per heavy atom. The van der Waals surface area contributed by atoms with Gasteiger partial charge in [0, 0.05) is 0 Å². The second kappa shape index (κ2) is 39.0. The quantitative estimate of drug-likeness (QED) is 0.0160. The van der Waals surface area contributed by atoms with Crippen LogP contribution in [0.15, 0.2) is 60.8 Å². The summed E-state index contributed by atoms with van der Waals surface area (Å²) in [6.45, 7) is 3.61. The van der Waals surface area contributed by atoms with E-state index in [4.69, 9.17) is 9.05 Å². The molecule has 0 aromatic carbocycles. The molecule has 1 rings (SSSR count). The highest BCUT2D eigenvalue weighted by molar-refractivity contribution is 7.47. The van der Waals surface area contributed by atoms with Gasteiger partial charge in [-0.3, -0.25) is 13.8 Å². The van der Waals surface area contributed by atoms with Gasteiger partial charge in [0.05, 0.1) is 31.3 Å². The average Bonchev–Trinajstić information content (AvgIpc) is 3.27. The molecule has 1 amide bonds. The first-order valence-electron chi connectivity index (χ1n) is 24.8. The van der Waals surface area contributed by atoms with Crippen LogP contribution < -0.4 is 5.32 Å². The number of phosphoric ester groups is 1. The van der Waals surface area contributed by atoms with Crippen LogP contribution in [0.5, 0.6) is 0 Å². The van der Waals surface area contributed by atoms with Crippen molar-refractivity contribution in [3.63, 3.8) is 0 Å². The maximum Gasteiger partial charge on any atom is 0.472 e. The van der Waals surface area contributed by atoms with Crippen LogP contribution in [0.1, 0.15) is 187 Å². The zero-order valence-electron chi connectivity index (χ0n) is 39.4. The van der Waals surface area contributed by atoms with E-state index in [9.17, 15) is 50.0 Å². The molecular weight excluding hydrogens is 838 g/mol. The molecule has 0 aliphatic heterocycles. The third kappa shape index (κ3) is 30.3. The Hall–Kier alpha value is -2.00. The summed E-state index contributed by atoms with van der Waals surface area (Å²) in [4.78, 5) is 23.5. The Morgan fingerprint density at radius 3 is 1.55 bits per heavy atom. The van der Waals surface area contributed by atoms with Gasteiger partial charge in [0.1, 0.15) is 36.6 Å². The lowest BCUT2D eigenvalue weighted by Gasteiger charge is -2.41. The molecule has 0 aromatic heterocycles. The molecule has 1 aliphatic rings. The van der Waals surface area contributed by atoms with Crippen LogP contribution in [-0.2, 0) is 18.4 Å². The molecule has 0 radical (unpaired) electrons. The van der Waals surface area contributed by atoms with Gasteiger partial charge in [-0.2, -0.15) is 0 Å². The molecule has 14 heteroatoms. The molecule has 8 atom stereocenters. The van der Waals surface area contributed by atoms with Crippen molar-refractivity contribution in [1.82, 2.24) is 5.32 Å². The van der Waals surface area contributed by atoms with Crippen LogP contribution in [0.2, 0.25) is 0 Å². The van der Waals surface area contributed by atoms with Crippen LogP contribution in [-0.4, -0.2) is 108 Å². The van der Waals surface area contributed by atoms with E-state index in [0.29, 0.717) is 19.3 Å². The van der Waals surface area contributed by atoms with Crippen LogP contribution in [0.3, 0.4) is 0 Å². The van der Waals surface area contributed by atoms with E-state index in [0.717, 1.165) is 57.8 Å². The third-order valence-corrected chi connectivity index (χ3v) is 12.6. The van der Waals surface area contributed by atoms with Crippen molar-refractivity contribution in [2.75, 3.05) is 6.61 Å². The molecule has 0 saturated heterocycles. The van der Waals surface area contributed by atoms with Gasteiger partial charge in [0.15, 0.2) is 0 Å². The fourth-order valence-corrected chi connectivity index (χ4v) is 8.51. The van der Waals surface area contributed by atoms with Crippen molar-refractivity contribution in [1.29, 1.82) is 0 Å². The number of hydrogen-bond donors (Lipinski definition) is 9. The number of unbranched alkanes of at least 4 members (excludes halogenated alkanes) is 19. The summed E-state index contributed by atoms with van der Waals surface area (Å²) in [5, 5.41) is 74.5. The van der Waals surface area contributed by atoms with Gasteiger partial charge in [0.25, 0.3) is 0 Å². The van der Waals surface area contributed by atoms with Gasteiger partial charge >= 0.3 is 7.82 Å². The standard InChI is InChI=1S/C50H90NO12P/c1-3-5-7-9-11-13-15-17-19-20-21-22-24-25-27-29-31-33-35-37-41(52)39-44(54)51-42(40-62-64(60,61)63-50-48(58)46(56)45(55)47(57)49(50)59)43(53)38-36-34-32-30-28-26-23-18-16-14-12-10-8-6-4-2/h5,7,11,13,16,18,28,30,36,38,41-43,45-50,52-53,55-59H,3-4,6,8-10,12,14-15,17,19-27,29,31-35,37,39-40H2,1-2H3,(H,51,54)(H,60,61)/b7-5-,13-11-,18-16+,30-28+,38-36+. The van der Waals surface area contributed by atoms with Gasteiger partial charge in [0.2, 0.25) is 5.91 Å². The van der Waals surface area contributed by atoms with E-state index < -0.39 is 75.2 Å². The first kappa shape index (κ1) is 60.0.